The summed E-state index contributed by atoms with van der Waals surface area (Å²) in [5, 5.41) is 0. The molecule has 0 aliphatic rings. The van der Waals surface area contributed by atoms with Gasteiger partial charge in [0.15, 0.2) is 0 Å². The lowest BCUT2D eigenvalue weighted by molar-refractivity contribution is 1.82. The molecule has 0 rings (SSSR count). The molecule has 0 aromatic heterocycles. The summed E-state index contributed by atoms with van der Waals surface area (Å²) >= 11 is 0. The van der Waals surface area contributed by atoms with Gasteiger partial charge in [-0.05, 0) is 13.8 Å². The molecule has 0 nitrogen and oxygen atoms in total. The van der Waals surface area contributed by atoms with Crippen LogP contribution < -0.4 is 0 Å². The van der Waals surface area contributed by atoms with E-state index in [0.717, 1.165) is 0 Å². The van der Waals surface area contributed by atoms with Gasteiger partial charge in [0, 0.05) is 0 Å². The Morgan fingerprint density at radius 2 is 1.50 bits per heavy atom. The summed E-state index contributed by atoms with van der Waals surface area (Å²) in [7, 11) is 0. The maximum absolute atomic E-state index is 4.69. The van der Waals surface area contributed by atoms with Crippen molar-refractivity contribution in [1.29, 1.82) is 0 Å². The van der Waals surface area contributed by atoms with Gasteiger partial charge < -0.3 is 0 Å². The Morgan fingerprint density at radius 3 is 1.50 bits per heavy atom. The molecule has 4 heavy (non-hydrogen) atoms. The first-order valence-corrected chi connectivity index (χ1v) is 0.931. The molecule has 0 bridgehead atoms. The topological polar surface area (TPSA) is 0 Å². The number of hydrogen-bond donors (Lipinski definition) is 0. The molecule has 0 heteroatoms. The Morgan fingerprint density at radius 1 is 1.50 bits per heavy atom. The molecular formula is C4H4. The first-order valence-electron chi connectivity index (χ1n) is 0.931. The van der Waals surface area contributed by atoms with Crippen molar-refractivity contribution in [2.45, 2.75) is 0 Å². The van der Waals surface area contributed by atoms with Gasteiger partial charge in [-0.1, -0.05) is 12.2 Å². The molecule has 0 aromatic carbocycles. The van der Waals surface area contributed by atoms with Crippen LogP contribution in [0, 0.1) is 13.8 Å². The molecule has 20 valence electrons. The molecule has 0 aliphatic carbocycles. The van der Waals surface area contributed by atoms with Crippen LogP contribution in [0.5, 0.6) is 0 Å². The van der Waals surface area contributed by atoms with Gasteiger partial charge in [-0.15, -0.1) is 0 Å². The monoisotopic (exact) mass is 52.0 g/mol. The molecule has 0 amide bonds. The van der Waals surface area contributed by atoms with E-state index in [2.05, 4.69) is 6.58 Å². The van der Waals surface area contributed by atoms with E-state index in [1.165, 1.54) is 0 Å². The summed E-state index contributed by atoms with van der Waals surface area (Å²) in [5.41, 5.74) is 0.167. The zero-order chi connectivity index (χ0) is 3.58. The second-order valence-electron chi connectivity index (χ2n) is 0.575. The highest BCUT2D eigenvalue weighted by Gasteiger charge is 1.54. The lowest BCUT2D eigenvalue weighted by atomic mass is 10.4. The van der Waals surface area contributed by atoms with E-state index in [4.69, 9.17) is 13.8 Å². The highest BCUT2D eigenvalue weighted by molar-refractivity contribution is 4.99. The molecule has 0 aromatic rings. The van der Waals surface area contributed by atoms with E-state index >= 15 is 0 Å². The molecule has 0 spiro atoms. The van der Waals surface area contributed by atoms with Gasteiger partial charge in [0.2, 0.25) is 0 Å². The van der Waals surface area contributed by atoms with Gasteiger partial charge in [0.25, 0.3) is 0 Å². The number of rotatable bonds is 0. The van der Waals surface area contributed by atoms with Crippen molar-refractivity contribution in [2.75, 3.05) is 0 Å². The lowest BCUT2D eigenvalue weighted by Crippen LogP contribution is -1.46. The molecule has 0 heterocycles. The molecule has 0 N–H and O–H groups in total. The normalized spacial score (nSPS) is 6.50. The fourth-order valence-electron chi connectivity index (χ4n) is 0. The summed E-state index contributed by atoms with van der Waals surface area (Å²) < 4.78 is 0. The summed E-state index contributed by atoms with van der Waals surface area (Å²) in [5.74, 6) is 0. The van der Waals surface area contributed by atoms with Crippen molar-refractivity contribution in [2.24, 2.45) is 0 Å². The molecule has 0 saturated heterocycles. The largest absolute Gasteiger partial charge is 0.0992 e. The predicted molar refractivity (Wildman–Crippen MR) is 17.7 cm³/mol. The minimum absolute atomic E-state index is 0.167. The number of hydrogen-bond acceptors (Lipinski definition) is 0. The first kappa shape index (κ1) is 3.74. The summed E-state index contributed by atoms with van der Waals surface area (Å²) in [4.78, 5) is 0. The van der Waals surface area contributed by atoms with Crippen molar-refractivity contribution in [1.82, 2.24) is 0 Å². The summed E-state index contributed by atoms with van der Waals surface area (Å²) in [6.45, 7) is 12.5. The highest BCUT2D eigenvalue weighted by Crippen LogP contribution is 1.71. The molecule has 0 fully saturated rings. The minimum atomic E-state index is 0.167. The zero-order valence-corrected chi connectivity index (χ0v) is 2.36. The van der Waals surface area contributed by atoms with Crippen LogP contribution in [0.15, 0.2) is 12.2 Å². The van der Waals surface area contributed by atoms with Gasteiger partial charge >= 0.3 is 0 Å². The van der Waals surface area contributed by atoms with Crippen LogP contribution in [0.3, 0.4) is 0 Å². The maximum Gasteiger partial charge on any atom is -0.00595 e. The van der Waals surface area contributed by atoms with Gasteiger partial charge in [-0.25, -0.2) is 0 Å². The Balaban J connectivity index is 2.80. The van der Waals surface area contributed by atoms with Gasteiger partial charge in [-0.2, -0.15) is 0 Å². The first-order chi connectivity index (χ1) is 1.73. The third-order valence-corrected chi connectivity index (χ3v) is 0. The Bertz CT molecular complexity index is 23.0. The fourth-order valence-corrected chi connectivity index (χ4v) is 0. The highest BCUT2D eigenvalue weighted by atomic mass is 13.6. The van der Waals surface area contributed by atoms with E-state index in [9.17, 15) is 0 Å². The average molecular weight is 52.1 g/mol. The molecule has 0 aliphatic heterocycles. The van der Waals surface area contributed by atoms with Crippen molar-refractivity contribution in [3.63, 3.8) is 0 Å². The van der Waals surface area contributed by atoms with Crippen molar-refractivity contribution < 1.29 is 0 Å². The summed E-state index contributed by atoms with van der Waals surface area (Å²) in [6.07, 6.45) is 0. The lowest BCUT2D eigenvalue weighted by Gasteiger charge is -1.63. The zero-order valence-electron chi connectivity index (χ0n) is 2.36. The predicted octanol–water partition coefficient (Wildman–Crippen LogP) is 0.965. The van der Waals surface area contributed by atoms with Crippen LogP contribution in [-0.4, -0.2) is 0 Å². The Kier molecular flexibility index (Phi) is 1.03. The van der Waals surface area contributed by atoms with E-state index in [-0.39, 0.29) is 5.57 Å². The maximum atomic E-state index is 4.69. The van der Waals surface area contributed by atoms with Crippen molar-refractivity contribution in [3.8, 4) is 0 Å². The smallest absolute Gasteiger partial charge is 0.00595 e. The van der Waals surface area contributed by atoms with Crippen LogP contribution in [0.2, 0.25) is 0 Å². The quantitative estimate of drug-likeness (QED) is 0.385. The molecular weight excluding hydrogens is 48.0 g/mol. The van der Waals surface area contributed by atoms with E-state index < -0.39 is 0 Å². The van der Waals surface area contributed by atoms with Crippen LogP contribution in [0.1, 0.15) is 0 Å². The van der Waals surface area contributed by atoms with Gasteiger partial charge in [0.1, 0.15) is 0 Å². The standard InChI is InChI=1S/C4H4/c1-4(2)3/h1-2H,3H2. The number of allylic oxidation sites excluding steroid dienone is 1. The minimum Gasteiger partial charge on any atom is -0.0992 e. The van der Waals surface area contributed by atoms with E-state index in [1.807, 2.05) is 0 Å². The molecule has 4 radical (unpaired) electrons. The molecule has 0 atom stereocenters. The van der Waals surface area contributed by atoms with E-state index in [1.54, 1.807) is 0 Å². The van der Waals surface area contributed by atoms with E-state index in [0.29, 0.717) is 0 Å². The van der Waals surface area contributed by atoms with Crippen LogP contribution in [0.25, 0.3) is 0 Å². The molecule has 0 saturated carbocycles. The van der Waals surface area contributed by atoms with Gasteiger partial charge in [-0.3, -0.25) is 0 Å². The van der Waals surface area contributed by atoms with Crippen molar-refractivity contribution in [3.05, 3.63) is 26.0 Å². The second-order valence-corrected chi connectivity index (χ2v) is 0.575. The summed E-state index contributed by atoms with van der Waals surface area (Å²) in [6, 6.07) is 0. The Hall–Kier alpha value is -0.260. The van der Waals surface area contributed by atoms with Crippen LogP contribution in [0.4, 0.5) is 0 Å². The van der Waals surface area contributed by atoms with Gasteiger partial charge in [0.05, 0.1) is 0 Å². The van der Waals surface area contributed by atoms with Crippen molar-refractivity contribution >= 4 is 0 Å². The van der Waals surface area contributed by atoms with Crippen LogP contribution in [-0.2, 0) is 0 Å². The third kappa shape index (κ3) is 14.1. The second kappa shape index (κ2) is 1.10. The Labute approximate surface area is 27.1 Å². The van der Waals surface area contributed by atoms with Crippen LogP contribution >= 0.6 is 0 Å². The average Bonchev–Trinajstić information content (AvgIpc) is 0.811. The third-order valence-electron chi connectivity index (χ3n) is 0. The SMILES string of the molecule is [CH]C([CH])=C. The fraction of sp³-hybridized carbons (Fsp3) is 0. The molecule has 0 unspecified atom stereocenters.